The highest BCUT2D eigenvalue weighted by Crippen LogP contribution is 2.33. The molecule has 2 fully saturated rings. The number of pyridine rings is 1. The van der Waals surface area contributed by atoms with E-state index < -0.39 is 0 Å². The first kappa shape index (κ1) is 21.8. The fourth-order valence-electron chi connectivity index (χ4n) is 4.67. The molecule has 0 atom stereocenters. The second-order valence-corrected chi connectivity index (χ2v) is 8.43. The molecule has 0 bridgehead atoms. The van der Waals surface area contributed by atoms with E-state index in [4.69, 9.17) is 9.73 Å². The van der Waals surface area contributed by atoms with Crippen molar-refractivity contribution in [2.45, 2.75) is 51.1 Å². The van der Waals surface area contributed by atoms with Crippen molar-refractivity contribution in [1.29, 1.82) is 0 Å². The van der Waals surface area contributed by atoms with Gasteiger partial charge in [-0.3, -0.25) is 9.47 Å². The SMILES string of the molecule is CCNC(=NCc1ccc(-n2ccnc2)nc1)NCC1(N2CCOCC2)CCCCC1. The molecule has 0 amide bonds. The highest BCUT2D eigenvalue weighted by molar-refractivity contribution is 5.79. The Morgan fingerprint density at radius 1 is 1.16 bits per heavy atom. The van der Waals surface area contributed by atoms with Crippen LogP contribution in [0.4, 0.5) is 0 Å². The van der Waals surface area contributed by atoms with Crippen LogP contribution in [0.2, 0.25) is 0 Å². The quantitative estimate of drug-likeness (QED) is 0.524. The zero-order valence-electron chi connectivity index (χ0n) is 18.6. The second kappa shape index (κ2) is 10.7. The normalized spacial score (nSPS) is 19.8. The molecule has 0 aromatic carbocycles. The summed E-state index contributed by atoms with van der Waals surface area (Å²) in [5, 5.41) is 7.07. The lowest BCUT2D eigenvalue weighted by Crippen LogP contribution is -2.60. The smallest absolute Gasteiger partial charge is 0.191 e. The van der Waals surface area contributed by atoms with Crippen LogP contribution in [0.25, 0.3) is 5.82 Å². The van der Waals surface area contributed by atoms with Crippen LogP contribution in [0.3, 0.4) is 0 Å². The van der Waals surface area contributed by atoms with E-state index in [-0.39, 0.29) is 5.54 Å². The van der Waals surface area contributed by atoms with Crippen LogP contribution in [0.5, 0.6) is 0 Å². The molecule has 1 saturated carbocycles. The van der Waals surface area contributed by atoms with Gasteiger partial charge >= 0.3 is 0 Å². The molecule has 168 valence electrons. The Balaban J connectivity index is 1.39. The largest absolute Gasteiger partial charge is 0.379 e. The fraction of sp³-hybridized carbons (Fsp3) is 0.609. The molecule has 0 spiro atoms. The van der Waals surface area contributed by atoms with Crippen LogP contribution < -0.4 is 10.6 Å². The lowest BCUT2D eigenvalue weighted by molar-refractivity contribution is -0.0352. The van der Waals surface area contributed by atoms with Crippen LogP contribution in [-0.4, -0.2) is 70.3 Å². The number of nitrogens with one attached hydrogen (secondary N) is 2. The number of imidazole rings is 1. The number of rotatable bonds is 7. The van der Waals surface area contributed by atoms with Crippen LogP contribution >= 0.6 is 0 Å². The van der Waals surface area contributed by atoms with Crippen molar-refractivity contribution in [3.63, 3.8) is 0 Å². The van der Waals surface area contributed by atoms with E-state index in [1.54, 1.807) is 12.5 Å². The molecule has 1 aliphatic heterocycles. The molecule has 3 heterocycles. The van der Waals surface area contributed by atoms with Crippen molar-refractivity contribution in [3.05, 3.63) is 42.6 Å². The molecule has 0 unspecified atom stereocenters. The van der Waals surface area contributed by atoms with E-state index in [1.807, 2.05) is 23.0 Å². The minimum Gasteiger partial charge on any atom is -0.379 e. The number of nitrogens with zero attached hydrogens (tertiary/aromatic N) is 5. The Kier molecular flexibility index (Phi) is 7.53. The molecule has 31 heavy (non-hydrogen) atoms. The molecule has 8 heteroatoms. The highest BCUT2D eigenvalue weighted by atomic mass is 16.5. The average molecular weight is 426 g/mol. The van der Waals surface area contributed by atoms with Gasteiger partial charge in [0.2, 0.25) is 0 Å². The molecule has 2 aliphatic rings. The van der Waals surface area contributed by atoms with Gasteiger partial charge in [0.25, 0.3) is 0 Å². The first-order valence-electron chi connectivity index (χ1n) is 11.6. The minimum atomic E-state index is 0.215. The molecule has 4 rings (SSSR count). The van der Waals surface area contributed by atoms with Crippen LogP contribution in [0.1, 0.15) is 44.6 Å². The van der Waals surface area contributed by atoms with E-state index in [1.165, 1.54) is 32.1 Å². The monoisotopic (exact) mass is 425 g/mol. The Hall–Kier alpha value is -2.45. The molecule has 2 aromatic heterocycles. The van der Waals surface area contributed by atoms with Crippen LogP contribution in [-0.2, 0) is 11.3 Å². The predicted molar refractivity (Wildman–Crippen MR) is 122 cm³/mol. The van der Waals surface area contributed by atoms with Gasteiger partial charge in [-0.2, -0.15) is 0 Å². The van der Waals surface area contributed by atoms with Crippen molar-refractivity contribution < 1.29 is 4.74 Å². The van der Waals surface area contributed by atoms with Gasteiger partial charge in [0, 0.05) is 50.3 Å². The predicted octanol–water partition coefficient (Wildman–Crippen LogP) is 2.36. The van der Waals surface area contributed by atoms with E-state index in [9.17, 15) is 0 Å². The lowest BCUT2D eigenvalue weighted by atomic mass is 9.80. The summed E-state index contributed by atoms with van der Waals surface area (Å²) < 4.78 is 7.51. The number of aliphatic imine (C=N–C) groups is 1. The van der Waals surface area contributed by atoms with Gasteiger partial charge in [-0.1, -0.05) is 25.3 Å². The summed E-state index contributed by atoms with van der Waals surface area (Å²) in [6.07, 6.45) is 13.7. The number of morpholine rings is 1. The van der Waals surface area contributed by atoms with E-state index in [2.05, 4.69) is 38.5 Å². The van der Waals surface area contributed by atoms with Gasteiger partial charge in [0.05, 0.1) is 19.8 Å². The number of hydrogen-bond donors (Lipinski definition) is 2. The molecule has 8 nitrogen and oxygen atoms in total. The maximum absolute atomic E-state index is 5.61. The summed E-state index contributed by atoms with van der Waals surface area (Å²) in [7, 11) is 0. The van der Waals surface area contributed by atoms with Crippen LogP contribution in [0, 0.1) is 0 Å². The summed E-state index contributed by atoms with van der Waals surface area (Å²) >= 11 is 0. The summed E-state index contributed by atoms with van der Waals surface area (Å²) in [6, 6.07) is 4.08. The molecule has 1 saturated heterocycles. The number of ether oxygens (including phenoxy) is 1. The topological polar surface area (TPSA) is 79.6 Å². The van der Waals surface area contributed by atoms with E-state index in [0.29, 0.717) is 6.54 Å². The Labute approximate surface area is 185 Å². The molecule has 2 aromatic rings. The molecule has 1 aliphatic carbocycles. The molecule has 0 radical (unpaired) electrons. The third kappa shape index (κ3) is 5.62. The first-order valence-corrected chi connectivity index (χ1v) is 11.6. The first-order chi connectivity index (χ1) is 15.3. The zero-order valence-corrected chi connectivity index (χ0v) is 18.6. The Morgan fingerprint density at radius 2 is 2.00 bits per heavy atom. The van der Waals surface area contributed by atoms with Gasteiger partial charge < -0.3 is 15.4 Å². The standard InChI is InChI=1S/C23H35N7O/c1-2-25-22(27-17-20-6-7-21(26-16-20)29-11-10-24-19-29)28-18-23(8-4-3-5-9-23)30-12-14-31-15-13-30/h6-7,10-11,16,19H,2-5,8-9,12-15,17-18H2,1H3,(H2,25,27,28). The van der Waals surface area contributed by atoms with Crippen molar-refractivity contribution in [2.75, 3.05) is 39.4 Å². The lowest BCUT2D eigenvalue weighted by Gasteiger charge is -2.48. The summed E-state index contributed by atoms with van der Waals surface area (Å²) in [4.78, 5) is 16.1. The van der Waals surface area contributed by atoms with Gasteiger partial charge in [0.1, 0.15) is 12.1 Å². The van der Waals surface area contributed by atoms with Crippen molar-refractivity contribution >= 4 is 5.96 Å². The Bertz CT molecular complexity index is 807. The number of hydrogen-bond acceptors (Lipinski definition) is 5. The summed E-state index contributed by atoms with van der Waals surface area (Å²) in [5.74, 6) is 1.74. The van der Waals surface area contributed by atoms with Crippen LogP contribution in [0.15, 0.2) is 42.0 Å². The zero-order chi connectivity index (χ0) is 21.4. The molecular weight excluding hydrogens is 390 g/mol. The highest BCUT2D eigenvalue weighted by Gasteiger charge is 2.38. The third-order valence-corrected chi connectivity index (χ3v) is 6.39. The third-order valence-electron chi connectivity index (χ3n) is 6.39. The van der Waals surface area contributed by atoms with Crippen molar-refractivity contribution in [2.24, 2.45) is 4.99 Å². The second-order valence-electron chi connectivity index (χ2n) is 8.43. The number of aromatic nitrogens is 3. The molecular formula is C23H35N7O. The van der Waals surface area contributed by atoms with Crippen molar-refractivity contribution in [1.82, 2.24) is 30.1 Å². The van der Waals surface area contributed by atoms with Gasteiger partial charge in [0.15, 0.2) is 5.96 Å². The fourth-order valence-corrected chi connectivity index (χ4v) is 4.67. The maximum Gasteiger partial charge on any atom is 0.191 e. The maximum atomic E-state index is 5.61. The molecule has 2 N–H and O–H groups in total. The van der Waals surface area contributed by atoms with Crippen molar-refractivity contribution in [3.8, 4) is 5.82 Å². The summed E-state index contributed by atoms with van der Waals surface area (Å²) in [5.41, 5.74) is 1.30. The number of guanidine groups is 1. The summed E-state index contributed by atoms with van der Waals surface area (Å²) in [6.45, 7) is 8.23. The average Bonchev–Trinajstić information content (AvgIpc) is 3.37. The van der Waals surface area contributed by atoms with Gasteiger partial charge in [-0.25, -0.2) is 15.0 Å². The van der Waals surface area contributed by atoms with Gasteiger partial charge in [-0.15, -0.1) is 0 Å². The van der Waals surface area contributed by atoms with E-state index in [0.717, 1.165) is 56.7 Å². The van der Waals surface area contributed by atoms with E-state index >= 15 is 0 Å². The van der Waals surface area contributed by atoms with Gasteiger partial charge in [-0.05, 0) is 31.4 Å². The minimum absolute atomic E-state index is 0.215. The Morgan fingerprint density at radius 3 is 2.68 bits per heavy atom.